The first-order valence-corrected chi connectivity index (χ1v) is 11.7. The van der Waals surface area contributed by atoms with Crippen LogP contribution in [-0.2, 0) is 9.59 Å². The summed E-state index contributed by atoms with van der Waals surface area (Å²) in [5.41, 5.74) is 0. The van der Waals surface area contributed by atoms with Gasteiger partial charge in [0.1, 0.15) is 0 Å². The zero-order chi connectivity index (χ0) is 18.7. The first-order valence-electron chi connectivity index (χ1n) is 11.7. The van der Waals surface area contributed by atoms with Gasteiger partial charge in [0.05, 0.1) is 12.1 Å². The molecule has 0 aromatic rings. The molecule has 0 bridgehead atoms. The minimum atomic E-state index is 0.110. The first kappa shape index (κ1) is 18.3. The van der Waals surface area contributed by atoms with E-state index in [0.717, 1.165) is 55.8 Å². The van der Waals surface area contributed by atoms with Crippen molar-refractivity contribution >= 4 is 11.6 Å². The summed E-state index contributed by atoms with van der Waals surface area (Å²) in [6, 6.07) is 1.10. The standard InChI is InChI=1S/C23H36N2O2/c1-3-5-19-23(27)17-9-13-7-14-10-20-16(22(26)18(4-2)24-20)8-12(14)6-15(13)11-21(17)25-19/h12-21,24-25H,3-11H2,1-2H3. The lowest BCUT2D eigenvalue weighted by Gasteiger charge is -2.50. The van der Waals surface area contributed by atoms with Gasteiger partial charge in [0, 0.05) is 23.9 Å². The van der Waals surface area contributed by atoms with Crippen LogP contribution in [0.3, 0.4) is 0 Å². The van der Waals surface area contributed by atoms with Gasteiger partial charge < -0.3 is 10.6 Å². The summed E-state index contributed by atoms with van der Waals surface area (Å²) < 4.78 is 0. The smallest absolute Gasteiger partial charge is 0.154 e. The van der Waals surface area contributed by atoms with Crippen molar-refractivity contribution in [1.29, 1.82) is 0 Å². The fourth-order valence-electron chi connectivity index (χ4n) is 7.69. The maximum Gasteiger partial charge on any atom is 0.154 e. The van der Waals surface area contributed by atoms with Crippen LogP contribution in [0, 0.1) is 35.5 Å². The highest BCUT2D eigenvalue weighted by molar-refractivity contribution is 5.90. The number of rotatable bonds is 3. The average molecular weight is 373 g/mol. The Labute approximate surface area is 163 Å². The number of carbonyl (C=O) groups is 2. The van der Waals surface area contributed by atoms with Gasteiger partial charge in [-0.3, -0.25) is 9.59 Å². The number of fused-ring (bicyclic) bond motifs is 4. The van der Waals surface area contributed by atoms with Crippen LogP contribution in [0.4, 0.5) is 0 Å². The van der Waals surface area contributed by atoms with Crippen molar-refractivity contribution in [3.63, 3.8) is 0 Å². The molecule has 3 aliphatic carbocycles. The van der Waals surface area contributed by atoms with Crippen molar-refractivity contribution in [3.05, 3.63) is 0 Å². The van der Waals surface area contributed by atoms with Crippen LogP contribution in [0.1, 0.15) is 71.6 Å². The minimum Gasteiger partial charge on any atom is -0.304 e. The average Bonchev–Trinajstić information content (AvgIpc) is 3.13. The third-order valence-corrected chi connectivity index (χ3v) is 8.98. The summed E-state index contributed by atoms with van der Waals surface area (Å²) in [6.07, 6.45) is 10.3. The molecule has 0 aromatic heterocycles. The van der Waals surface area contributed by atoms with Gasteiger partial charge in [0.25, 0.3) is 0 Å². The van der Waals surface area contributed by atoms with Gasteiger partial charge in [-0.1, -0.05) is 20.3 Å². The van der Waals surface area contributed by atoms with Crippen LogP contribution in [-0.4, -0.2) is 35.7 Å². The highest BCUT2D eigenvalue weighted by Crippen LogP contribution is 2.54. The third kappa shape index (κ3) is 2.93. The van der Waals surface area contributed by atoms with Crippen LogP contribution in [0.5, 0.6) is 0 Å². The molecule has 0 radical (unpaired) electrons. The quantitative estimate of drug-likeness (QED) is 0.799. The van der Waals surface area contributed by atoms with Gasteiger partial charge in [0.2, 0.25) is 0 Å². The second kappa shape index (κ2) is 6.95. The summed E-state index contributed by atoms with van der Waals surface area (Å²) in [5, 5.41) is 7.34. The molecule has 10 atom stereocenters. The Morgan fingerprint density at radius 2 is 1.19 bits per heavy atom. The Kier molecular flexibility index (Phi) is 4.71. The van der Waals surface area contributed by atoms with Crippen molar-refractivity contribution in [3.8, 4) is 0 Å². The SMILES string of the molecule is CCCC1NC2CC3CC4CC5C(=O)C(CC)NC5CC4CC3CC2C1=O. The fraction of sp³-hybridized carbons (Fsp3) is 0.913. The summed E-state index contributed by atoms with van der Waals surface area (Å²) in [7, 11) is 0. The van der Waals surface area contributed by atoms with E-state index in [1.165, 1.54) is 25.7 Å². The molecule has 2 aliphatic heterocycles. The Bertz CT molecular complexity index is 619. The van der Waals surface area contributed by atoms with Crippen LogP contribution in [0.25, 0.3) is 0 Å². The summed E-state index contributed by atoms with van der Waals surface area (Å²) in [4.78, 5) is 25.5. The van der Waals surface area contributed by atoms with E-state index in [4.69, 9.17) is 0 Å². The van der Waals surface area contributed by atoms with Crippen molar-refractivity contribution in [2.24, 2.45) is 35.5 Å². The molecule has 10 unspecified atom stereocenters. The van der Waals surface area contributed by atoms with Crippen molar-refractivity contribution in [1.82, 2.24) is 10.6 Å². The molecular weight excluding hydrogens is 336 g/mol. The molecule has 0 aromatic carbocycles. The highest BCUT2D eigenvalue weighted by atomic mass is 16.1. The van der Waals surface area contributed by atoms with Gasteiger partial charge in [-0.15, -0.1) is 0 Å². The molecule has 2 saturated heterocycles. The molecule has 2 N–H and O–H groups in total. The Morgan fingerprint density at radius 1 is 0.704 bits per heavy atom. The van der Waals surface area contributed by atoms with Crippen molar-refractivity contribution in [2.45, 2.75) is 95.8 Å². The zero-order valence-corrected chi connectivity index (χ0v) is 17.0. The van der Waals surface area contributed by atoms with Crippen LogP contribution < -0.4 is 10.6 Å². The second-order valence-electron chi connectivity index (χ2n) is 10.3. The van der Waals surface area contributed by atoms with E-state index in [-0.39, 0.29) is 23.9 Å². The number of ketones is 2. The number of nitrogens with one attached hydrogen (secondary N) is 2. The predicted molar refractivity (Wildman–Crippen MR) is 105 cm³/mol. The Morgan fingerprint density at radius 3 is 1.70 bits per heavy atom. The minimum absolute atomic E-state index is 0.110. The topological polar surface area (TPSA) is 58.2 Å². The lowest BCUT2D eigenvalue weighted by molar-refractivity contribution is -0.126. The summed E-state index contributed by atoms with van der Waals surface area (Å²) in [6.45, 7) is 4.31. The number of hydrogen-bond acceptors (Lipinski definition) is 4. The molecule has 5 rings (SSSR count). The highest BCUT2D eigenvalue weighted by Gasteiger charge is 2.53. The van der Waals surface area contributed by atoms with Crippen molar-refractivity contribution in [2.75, 3.05) is 0 Å². The monoisotopic (exact) mass is 372 g/mol. The van der Waals surface area contributed by atoms with Crippen molar-refractivity contribution < 1.29 is 9.59 Å². The number of carbonyl (C=O) groups excluding carboxylic acids is 2. The van der Waals surface area contributed by atoms with Gasteiger partial charge >= 0.3 is 0 Å². The lowest BCUT2D eigenvalue weighted by atomic mass is 9.56. The summed E-state index contributed by atoms with van der Waals surface area (Å²) >= 11 is 0. The van der Waals surface area contributed by atoms with Gasteiger partial charge in [-0.2, -0.15) is 0 Å². The molecule has 2 heterocycles. The number of Topliss-reactive ketones (excluding diaryl/α,β-unsaturated/α-hetero) is 2. The Hall–Kier alpha value is -0.740. The summed E-state index contributed by atoms with van der Waals surface area (Å²) in [5.74, 6) is 4.61. The van der Waals surface area contributed by atoms with E-state index < -0.39 is 0 Å². The predicted octanol–water partition coefficient (Wildman–Crippen LogP) is 3.09. The van der Waals surface area contributed by atoms with E-state index in [2.05, 4.69) is 24.5 Å². The molecule has 5 aliphatic rings. The van der Waals surface area contributed by atoms with Gasteiger partial charge in [-0.25, -0.2) is 0 Å². The molecule has 3 saturated carbocycles. The molecule has 0 spiro atoms. The normalized spacial score (nSPS) is 51.5. The zero-order valence-electron chi connectivity index (χ0n) is 17.0. The van der Waals surface area contributed by atoms with Crippen LogP contribution in [0.2, 0.25) is 0 Å². The molecule has 5 fully saturated rings. The molecule has 4 heteroatoms. The Balaban J connectivity index is 1.28. The lowest BCUT2D eigenvalue weighted by Crippen LogP contribution is -2.48. The van der Waals surface area contributed by atoms with Gasteiger partial charge in [0.15, 0.2) is 11.6 Å². The second-order valence-corrected chi connectivity index (χ2v) is 10.3. The molecular formula is C23H36N2O2. The van der Waals surface area contributed by atoms with Crippen LogP contribution >= 0.6 is 0 Å². The molecule has 4 nitrogen and oxygen atoms in total. The first-order chi connectivity index (χ1) is 13.1. The van der Waals surface area contributed by atoms with Gasteiger partial charge in [-0.05, 0) is 75.0 Å². The largest absolute Gasteiger partial charge is 0.304 e. The van der Waals surface area contributed by atoms with E-state index in [1.54, 1.807) is 0 Å². The maximum absolute atomic E-state index is 12.8. The number of hydrogen-bond donors (Lipinski definition) is 2. The molecule has 150 valence electrons. The van der Waals surface area contributed by atoms with E-state index in [0.29, 0.717) is 23.7 Å². The van der Waals surface area contributed by atoms with E-state index >= 15 is 0 Å². The third-order valence-electron chi connectivity index (χ3n) is 8.98. The molecule has 27 heavy (non-hydrogen) atoms. The van der Waals surface area contributed by atoms with Crippen LogP contribution in [0.15, 0.2) is 0 Å². The van der Waals surface area contributed by atoms with E-state index in [9.17, 15) is 9.59 Å². The van der Waals surface area contributed by atoms with E-state index in [1.807, 2.05) is 0 Å². The maximum atomic E-state index is 12.8. The fourth-order valence-corrected chi connectivity index (χ4v) is 7.69. The molecule has 0 amide bonds.